The molecule has 5 nitrogen and oxygen atoms in total. The number of hydrogen-bond acceptors (Lipinski definition) is 4. The van der Waals surface area contributed by atoms with E-state index in [1.54, 1.807) is 45.0 Å². The van der Waals surface area contributed by atoms with Gasteiger partial charge in [-0.1, -0.05) is 18.6 Å². The van der Waals surface area contributed by atoms with Crippen LogP contribution in [0.25, 0.3) is 0 Å². The number of carbonyl (C=O) groups is 1. The van der Waals surface area contributed by atoms with Crippen molar-refractivity contribution in [3.8, 4) is 0 Å². The molecule has 0 spiro atoms. The molecule has 7 heteroatoms. The Labute approximate surface area is 157 Å². The molecule has 3 N–H and O–H groups in total. The first kappa shape index (κ1) is 21.9. The minimum Gasteiger partial charge on any atom is -0.330 e. The van der Waals surface area contributed by atoms with Gasteiger partial charge in [0, 0.05) is 11.6 Å². The monoisotopic (exact) mass is 388 g/mol. The maximum absolute atomic E-state index is 12.5. The second kappa shape index (κ2) is 8.52. The molecule has 0 aliphatic heterocycles. The lowest BCUT2D eigenvalue weighted by molar-refractivity contribution is -0.120. The van der Waals surface area contributed by atoms with E-state index in [-0.39, 0.29) is 35.9 Å². The molecule has 142 valence electrons. The first-order chi connectivity index (χ1) is 11.1. The molecule has 0 heterocycles. The Morgan fingerprint density at radius 2 is 1.96 bits per heavy atom. The molecule has 2 rings (SSSR count). The average Bonchev–Trinajstić information content (AvgIpc) is 2.94. The smallest absolute Gasteiger partial charge is 0.227 e. The Morgan fingerprint density at radius 3 is 2.56 bits per heavy atom. The summed E-state index contributed by atoms with van der Waals surface area (Å²) in [5.41, 5.74) is 7.07. The number of sulfone groups is 1. The van der Waals surface area contributed by atoms with E-state index >= 15 is 0 Å². The number of amides is 1. The molecular weight excluding hydrogens is 360 g/mol. The van der Waals surface area contributed by atoms with Crippen molar-refractivity contribution in [3.05, 3.63) is 29.8 Å². The average molecular weight is 389 g/mol. The third kappa shape index (κ3) is 5.43. The van der Waals surface area contributed by atoms with Gasteiger partial charge in [-0.15, -0.1) is 12.4 Å². The van der Waals surface area contributed by atoms with Crippen LogP contribution in [0.15, 0.2) is 24.3 Å². The fourth-order valence-corrected chi connectivity index (χ4v) is 4.13. The van der Waals surface area contributed by atoms with Crippen LogP contribution in [-0.4, -0.2) is 25.6 Å². The summed E-state index contributed by atoms with van der Waals surface area (Å²) in [6.45, 7) is 5.62. The van der Waals surface area contributed by atoms with Gasteiger partial charge in [-0.25, -0.2) is 8.42 Å². The van der Waals surface area contributed by atoms with Crippen molar-refractivity contribution in [2.24, 2.45) is 17.6 Å². The second-order valence-corrected chi connectivity index (χ2v) is 10.3. The van der Waals surface area contributed by atoms with E-state index in [1.807, 2.05) is 0 Å². The van der Waals surface area contributed by atoms with E-state index in [4.69, 9.17) is 5.73 Å². The largest absolute Gasteiger partial charge is 0.330 e. The van der Waals surface area contributed by atoms with Crippen LogP contribution in [-0.2, 0) is 20.4 Å². The molecule has 1 aromatic rings. The van der Waals surface area contributed by atoms with E-state index in [0.717, 1.165) is 19.3 Å². The van der Waals surface area contributed by atoms with Gasteiger partial charge in [-0.2, -0.15) is 0 Å². The summed E-state index contributed by atoms with van der Waals surface area (Å²) in [7, 11) is -3.25. The summed E-state index contributed by atoms with van der Waals surface area (Å²) in [6, 6.07) is 7.08. The van der Waals surface area contributed by atoms with E-state index in [2.05, 4.69) is 5.32 Å². The fraction of sp³-hybridized carbons (Fsp3) is 0.611. The second-order valence-electron chi connectivity index (χ2n) is 7.59. The highest BCUT2D eigenvalue weighted by Gasteiger charge is 2.32. The molecule has 2 atom stereocenters. The van der Waals surface area contributed by atoms with Crippen LogP contribution in [0, 0.1) is 11.8 Å². The van der Waals surface area contributed by atoms with Crippen LogP contribution in [0.5, 0.6) is 0 Å². The molecule has 1 fully saturated rings. The summed E-state index contributed by atoms with van der Waals surface area (Å²) in [4.78, 5) is 12.5. The van der Waals surface area contributed by atoms with Gasteiger partial charge in [0.2, 0.25) is 5.91 Å². The van der Waals surface area contributed by atoms with Gasteiger partial charge in [0.25, 0.3) is 0 Å². The third-order valence-corrected chi connectivity index (χ3v) is 7.36. The minimum atomic E-state index is -3.25. The molecule has 25 heavy (non-hydrogen) atoms. The molecule has 1 aromatic carbocycles. The molecule has 1 aliphatic rings. The van der Waals surface area contributed by atoms with Crippen LogP contribution >= 0.6 is 12.4 Å². The first-order valence-electron chi connectivity index (χ1n) is 8.46. The number of hydrogen-bond donors (Lipinski definition) is 2. The predicted octanol–water partition coefficient (Wildman–Crippen LogP) is 3.14. The van der Waals surface area contributed by atoms with Gasteiger partial charge in [0.05, 0.1) is 10.5 Å². The van der Waals surface area contributed by atoms with Crippen LogP contribution in [0.4, 0.5) is 5.69 Å². The zero-order chi connectivity index (χ0) is 18.0. The van der Waals surface area contributed by atoms with E-state index in [9.17, 15) is 13.2 Å². The molecule has 0 saturated heterocycles. The van der Waals surface area contributed by atoms with Gasteiger partial charge in [0.1, 0.15) is 0 Å². The molecule has 1 saturated carbocycles. The lowest BCUT2D eigenvalue weighted by atomic mass is 9.95. The molecule has 1 aliphatic carbocycles. The highest BCUT2D eigenvalue weighted by molar-refractivity contribution is 7.91. The van der Waals surface area contributed by atoms with Gasteiger partial charge < -0.3 is 11.1 Å². The highest BCUT2D eigenvalue weighted by atomic mass is 35.5. The SMILES string of the molecule is CC(C)(C)S(=O)(=O)Cc1cccc(NC(=O)[C@@H]2CCC[C@@H]2CN)c1.Cl. The number of nitrogens with one attached hydrogen (secondary N) is 1. The molecule has 0 unspecified atom stereocenters. The van der Waals surface area contributed by atoms with Gasteiger partial charge >= 0.3 is 0 Å². The number of halogens is 1. The zero-order valence-corrected chi connectivity index (χ0v) is 16.8. The summed E-state index contributed by atoms with van der Waals surface area (Å²) < 4.78 is 23.9. The van der Waals surface area contributed by atoms with E-state index in [1.165, 1.54) is 0 Å². The van der Waals surface area contributed by atoms with Crippen molar-refractivity contribution in [2.45, 2.75) is 50.5 Å². The summed E-state index contributed by atoms with van der Waals surface area (Å²) in [6.07, 6.45) is 2.90. The van der Waals surface area contributed by atoms with Crippen LogP contribution in [0.1, 0.15) is 45.6 Å². The van der Waals surface area contributed by atoms with E-state index < -0.39 is 14.6 Å². The molecule has 1 amide bonds. The Hall–Kier alpha value is -1.11. The van der Waals surface area contributed by atoms with Crippen LogP contribution in [0.2, 0.25) is 0 Å². The van der Waals surface area contributed by atoms with Crippen molar-refractivity contribution >= 4 is 33.8 Å². The minimum absolute atomic E-state index is 0. The van der Waals surface area contributed by atoms with Crippen molar-refractivity contribution in [2.75, 3.05) is 11.9 Å². The maximum Gasteiger partial charge on any atom is 0.227 e. The van der Waals surface area contributed by atoms with Crippen molar-refractivity contribution in [1.82, 2.24) is 0 Å². The van der Waals surface area contributed by atoms with Gasteiger partial charge in [-0.3, -0.25) is 4.79 Å². The number of nitrogens with two attached hydrogens (primary N) is 1. The first-order valence-corrected chi connectivity index (χ1v) is 10.1. The lowest BCUT2D eigenvalue weighted by Crippen LogP contribution is -2.30. The van der Waals surface area contributed by atoms with Crippen molar-refractivity contribution in [3.63, 3.8) is 0 Å². The quantitative estimate of drug-likeness (QED) is 0.810. The maximum atomic E-state index is 12.5. The van der Waals surface area contributed by atoms with Crippen molar-refractivity contribution < 1.29 is 13.2 Å². The number of rotatable bonds is 5. The number of anilines is 1. The summed E-state index contributed by atoms with van der Waals surface area (Å²) in [5, 5.41) is 2.92. The topological polar surface area (TPSA) is 89.3 Å². The summed E-state index contributed by atoms with van der Waals surface area (Å²) in [5.74, 6) is 0.153. The van der Waals surface area contributed by atoms with Crippen LogP contribution in [0.3, 0.4) is 0 Å². The number of benzene rings is 1. The molecular formula is C18H29ClN2O3S. The number of carbonyl (C=O) groups excluding carboxylic acids is 1. The van der Waals surface area contributed by atoms with Gasteiger partial charge in [-0.05, 0) is 63.8 Å². The fourth-order valence-electron chi connectivity index (χ4n) is 3.07. The molecule has 0 bridgehead atoms. The predicted molar refractivity (Wildman–Crippen MR) is 105 cm³/mol. The Balaban J connectivity index is 0.00000312. The lowest BCUT2D eigenvalue weighted by Gasteiger charge is -2.20. The van der Waals surface area contributed by atoms with Crippen LogP contribution < -0.4 is 11.1 Å². The standard InChI is InChI=1S/C18H28N2O3S.ClH/c1-18(2,3)24(22,23)12-13-6-4-8-15(10-13)20-17(21)16-9-5-7-14(16)11-19;/h4,6,8,10,14,16H,5,7,9,11-12,19H2,1-3H3,(H,20,21);1H/t14-,16-;/m1./s1. The Bertz CT molecular complexity index is 699. The summed E-state index contributed by atoms with van der Waals surface area (Å²) >= 11 is 0. The third-order valence-electron chi connectivity index (χ3n) is 4.78. The van der Waals surface area contributed by atoms with Crippen molar-refractivity contribution in [1.29, 1.82) is 0 Å². The Kier molecular flexibility index (Phi) is 7.47. The molecule has 0 radical (unpaired) electrons. The van der Waals surface area contributed by atoms with Gasteiger partial charge in [0.15, 0.2) is 9.84 Å². The highest BCUT2D eigenvalue weighted by Crippen LogP contribution is 2.32. The molecule has 0 aromatic heterocycles. The van der Waals surface area contributed by atoms with E-state index in [0.29, 0.717) is 17.8 Å². The zero-order valence-electron chi connectivity index (χ0n) is 15.1. The normalized spacial score (nSPS) is 20.8. The Morgan fingerprint density at radius 1 is 1.28 bits per heavy atom.